The van der Waals surface area contributed by atoms with Crippen LogP contribution in [0, 0.1) is 0 Å². The van der Waals surface area contributed by atoms with Gasteiger partial charge in [-0.05, 0) is 13.5 Å². The van der Waals surface area contributed by atoms with E-state index >= 15 is 0 Å². The molecule has 1 aliphatic rings. The van der Waals surface area contributed by atoms with E-state index in [1.54, 1.807) is 0 Å². The van der Waals surface area contributed by atoms with Gasteiger partial charge in [-0.3, -0.25) is 0 Å². The molecule has 4 nitrogen and oxygen atoms in total. The zero-order valence-electron chi connectivity index (χ0n) is 7.99. The van der Waals surface area contributed by atoms with E-state index in [-0.39, 0.29) is 23.9 Å². The Balaban J connectivity index is 0.00000112. The van der Waals surface area contributed by atoms with E-state index in [0.717, 1.165) is 36.5 Å². The van der Waals surface area contributed by atoms with E-state index in [0.29, 0.717) is 0 Å². The number of fused-ring (bicyclic) bond motifs is 1. The molecule has 0 amide bonds. The number of aromatic nitrogens is 1. The van der Waals surface area contributed by atoms with Crippen LogP contribution in [0.25, 0.3) is 0 Å². The summed E-state index contributed by atoms with van der Waals surface area (Å²) in [5.74, 6) is -0.906. The van der Waals surface area contributed by atoms with Gasteiger partial charge in [-0.15, -0.1) is 11.3 Å². The molecule has 0 fully saturated rings. The molecular formula is C9H13LiN2O2S. The van der Waals surface area contributed by atoms with E-state index in [1.165, 1.54) is 11.3 Å². The fourth-order valence-electron chi connectivity index (χ4n) is 1.57. The molecule has 2 heterocycles. The number of likely N-dealkylation sites (N-methyl/N-ethyl adjacent to an activating group) is 1. The molecular weight excluding hydrogens is 207 g/mol. The van der Waals surface area contributed by atoms with Crippen molar-refractivity contribution in [1.82, 2.24) is 9.88 Å². The minimum absolute atomic E-state index is 0. The second kappa shape index (κ2) is 5.13. The van der Waals surface area contributed by atoms with Crippen molar-refractivity contribution in [2.45, 2.75) is 12.8 Å². The number of carboxylic acids is 1. The van der Waals surface area contributed by atoms with Crippen LogP contribution in [0.15, 0.2) is 0 Å². The second-order valence-corrected chi connectivity index (χ2v) is 4.58. The molecule has 0 saturated carbocycles. The molecule has 0 aliphatic carbocycles. The summed E-state index contributed by atoms with van der Waals surface area (Å²) >= 11 is 1.32. The normalized spacial score (nSPS) is 16.3. The van der Waals surface area contributed by atoms with Crippen LogP contribution in [0.1, 0.15) is 20.4 Å². The first-order valence-electron chi connectivity index (χ1n) is 4.57. The number of hydrogen-bond acceptors (Lipinski definition) is 4. The zero-order chi connectivity index (χ0) is 10.1. The SMILES string of the molecule is CN1CCc2nc(C(=O)O)sc2CC1.[LiH]. The molecule has 0 aromatic carbocycles. The Morgan fingerprint density at radius 1 is 1.47 bits per heavy atom. The molecule has 1 aromatic rings. The number of carbonyl (C=O) groups is 1. The van der Waals surface area contributed by atoms with Crippen LogP contribution in [-0.4, -0.2) is 60.0 Å². The summed E-state index contributed by atoms with van der Waals surface area (Å²) in [6.07, 6.45) is 1.80. The first kappa shape index (κ1) is 12.7. The topological polar surface area (TPSA) is 53.4 Å². The van der Waals surface area contributed by atoms with Gasteiger partial charge < -0.3 is 10.0 Å². The molecule has 0 atom stereocenters. The van der Waals surface area contributed by atoms with Gasteiger partial charge in [-0.25, -0.2) is 9.78 Å². The molecule has 0 saturated heterocycles. The maximum absolute atomic E-state index is 10.7. The number of thiazole rings is 1. The summed E-state index contributed by atoms with van der Waals surface area (Å²) in [7, 11) is 2.08. The Kier molecular flexibility index (Phi) is 4.35. The van der Waals surface area contributed by atoms with E-state index in [4.69, 9.17) is 5.11 Å². The third kappa shape index (κ3) is 2.82. The third-order valence-electron chi connectivity index (χ3n) is 2.41. The van der Waals surface area contributed by atoms with Gasteiger partial charge in [0.05, 0.1) is 5.69 Å². The molecule has 15 heavy (non-hydrogen) atoms. The van der Waals surface area contributed by atoms with Crippen molar-refractivity contribution in [2.24, 2.45) is 0 Å². The molecule has 0 spiro atoms. The van der Waals surface area contributed by atoms with Crippen LogP contribution < -0.4 is 0 Å². The van der Waals surface area contributed by atoms with Crippen molar-refractivity contribution in [1.29, 1.82) is 0 Å². The number of aromatic carboxylic acids is 1. The van der Waals surface area contributed by atoms with Crippen LogP contribution in [0.5, 0.6) is 0 Å². The van der Waals surface area contributed by atoms with Gasteiger partial charge in [0, 0.05) is 24.4 Å². The summed E-state index contributed by atoms with van der Waals surface area (Å²) in [5.41, 5.74) is 0.983. The summed E-state index contributed by atoms with van der Waals surface area (Å²) in [4.78, 5) is 18.2. The predicted octanol–water partition coefficient (Wildman–Crippen LogP) is 0.223. The minimum atomic E-state index is -0.906. The van der Waals surface area contributed by atoms with Crippen molar-refractivity contribution in [2.75, 3.05) is 20.1 Å². The van der Waals surface area contributed by atoms with Crippen molar-refractivity contribution in [3.05, 3.63) is 15.6 Å². The van der Waals surface area contributed by atoms with Crippen LogP contribution in [0.4, 0.5) is 0 Å². The quantitative estimate of drug-likeness (QED) is 0.688. The first-order valence-corrected chi connectivity index (χ1v) is 5.39. The van der Waals surface area contributed by atoms with Gasteiger partial charge >= 0.3 is 24.8 Å². The van der Waals surface area contributed by atoms with Crippen LogP contribution in [0.2, 0.25) is 0 Å². The zero-order valence-corrected chi connectivity index (χ0v) is 8.80. The summed E-state index contributed by atoms with van der Waals surface area (Å²) in [6, 6.07) is 0. The maximum atomic E-state index is 10.7. The van der Waals surface area contributed by atoms with Crippen molar-refractivity contribution in [3.63, 3.8) is 0 Å². The van der Waals surface area contributed by atoms with Gasteiger partial charge in [-0.1, -0.05) is 0 Å². The average Bonchev–Trinajstić information content (AvgIpc) is 2.48. The number of nitrogens with zero attached hydrogens (tertiary/aromatic N) is 2. The van der Waals surface area contributed by atoms with E-state index in [9.17, 15) is 4.79 Å². The first-order chi connectivity index (χ1) is 6.66. The molecule has 1 N–H and O–H groups in total. The Hall–Kier alpha value is -0.343. The molecule has 1 aliphatic heterocycles. The summed E-state index contributed by atoms with van der Waals surface area (Å²) < 4.78 is 0. The van der Waals surface area contributed by atoms with E-state index in [2.05, 4.69) is 16.9 Å². The predicted molar refractivity (Wildman–Crippen MR) is 61.1 cm³/mol. The number of carboxylic acid groups (broad SMARTS) is 1. The molecule has 0 bridgehead atoms. The van der Waals surface area contributed by atoms with Gasteiger partial charge in [0.1, 0.15) is 0 Å². The number of hydrogen-bond donors (Lipinski definition) is 1. The fraction of sp³-hybridized carbons (Fsp3) is 0.556. The van der Waals surface area contributed by atoms with Gasteiger partial charge in [0.25, 0.3) is 0 Å². The average molecular weight is 220 g/mol. The van der Waals surface area contributed by atoms with Crippen LogP contribution in [-0.2, 0) is 12.8 Å². The Bertz CT molecular complexity index is 341. The van der Waals surface area contributed by atoms with Crippen molar-refractivity contribution >= 4 is 36.2 Å². The monoisotopic (exact) mass is 220 g/mol. The molecule has 0 radical (unpaired) electrons. The van der Waals surface area contributed by atoms with E-state index in [1.807, 2.05) is 0 Å². The standard InChI is InChI=1S/C9H12N2O2S.Li.H/c1-11-4-2-6-7(3-5-11)14-8(10-6)9(12)13;;/h2-5H2,1H3,(H,12,13);;. The second-order valence-electron chi connectivity index (χ2n) is 3.50. The molecule has 78 valence electrons. The van der Waals surface area contributed by atoms with Crippen LogP contribution in [0.3, 0.4) is 0 Å². The Labute approximate surface area is 104 Å². The van der Waals surface area contributed by atoms with Crippen LogP contribution >= 0.6 is 11.3 Å². The summed E-state index contributed by atoms with van der Waals surface area (Å²) in [5, 5.41) is 9.03. The third-order valence-corrected chi connectivity index (χ3v) is 3.56. The molecule has 6 heteroatoms. The van der Waals surface area contributed by atoms with Gasteiger partial charge in [-0.2, -0.15) is 0 Å². The van der Waals surface area contributed by atoms with Crippen molar-refractivity contribution in [3.8, 4) is 0 Å². The van der Waals surface area contributed by atoms with Crippen molar-refractivity contribution < 1.29 is 9.90 Å². The Morgan fingerprint density at radius 3 is 2.80 bits per heavy atom. The van der Waals surface area contributed by atoms with Gasteiger partial charge in [0.15, 0.2) is 0 Å². The molecule has 1 aromatic heterocycles. The fourth-order valence-corrected chi connectivity index (χ4v) is 2.50. The molecule has 0 unspecified atom stereocenters. The Morgan fingerprint density at radius 2 is 2.13 bits per heavy atom. The molecule has 2 rings (SSSR count). The summed E-state index contributed by atoms with van der Waals surface area (Å²) in [6.45, 7) is 1.96. The van der Waals surface area contributed by atoms with E-state index < -0.39 is 5.97 Å². The number of rotatable bonds is 1. The van der Waals surface area contributed by atoms with Gasteiger partial charge in [0.2, 0.25) is 5.01 Å².